The predicted molar refractivity (Wildman–Crippen MR) is 294 cm³/mol. The van der Waals surface area contributed by atoms with Gasteiger partial charge >= 0.3 is 11.9 Å². The van der Waals surface area contributed by atoms with Crippen molar-refractivity contribution in [2.24, 2.45) is 5.41 Å². The van der Waals surface area contributed by atoms with Gasteiger partial charge in [-0.05, 0) is 82.8 Å². The van der Waals surface area contributed by atoms with Crippen LogP contribution in [0.25, 0.3) is 0 Å². The van der Waals surface area contributed by atoms with E-state index in [-0.39, 0.29) is 29.9 Å². The normalized spacial score (nSPS) is 14.0. The highest BCUT2D eigenvalue weighted by Gasteiger charge is 2.35. The lowest BCUT2D eigenvalue weighted by Gasteiger charge is -2.42. The number of ether oxygens (including phenoxy) is 6. The lowest BCUT2D eigenvalue weighted by atomic mass is 9.73. The van der Waals surface area contributed by atoms with Crippen LogP contribution in [0.1, 0.15) is 304 Å². The van der Waals surface area contributed by atoms with E-state index < -0.39 is 0 Å². The third kappa shape index (κ3) is 42.1. The topological polar surface area (TPSA) is 92.8 Å². The molecule has 9 nitrogen and oxygen atoms in total. The van der Waals surface area contributed by atoms with Crippen molar-refractivity contribution in [2.75, 3.05) is 59.3 Å². The van der Waals surface area contributed by atoms with Crippen molar-refractivity contribution < 1.29 is 38.0 Å². The number of unbranched alkanes of at least 4 members (excludes halogenated alkanes) is 29. The van der Waals surface area contributed by atoms with Crippen LogP contribution in [0.5, 0.6) is 0 Å². The number of esters is 2. The van der Waals surface area contributed by atoms with Gasteiger partial charge in [0, 0.05) is 39.3 Å². The van der Waals surface area contributed by atoms with E-state index in [2.05, 4.69) is 39.5 Å². The molecule has 1 aliphatic rings. The molecule has 1 rings (SSSR count). The lowest BCUT2D eigenvalue weighted by molar-refractivity contribution is -0.160. The average Bonchev–Trinajstić information content (AvgIpc) is 3.36. The fourth-order valence-corrected chi connectivity index (χ4v) is 9.87. The Kier molecular flexibility index (Phi) is 48.9. The minimum atomic E-state index is -0.367. The number of likely N-dealkylation sites (tertiary alicyclic amines) is 1. The highest BCUT2D eigenvalue weighted by Crippen LogP contribution is 2.39. The van der Waals surface area contributed by atoms with E-state index in [1.54, 1.807) is 0 Å². The summed E-state index contributed by atoms with van der Waals surface area (Å²) in [4.78, 5) is 29.0. The molecule has 0 atom stereocenters. The molecule has 1 aliphatic heterocycles. The molecule has 0 aliphatic carbocycles. The molecule has 0 aromatic carbocycles. The first-order chi connectivity index (χ1) is 34.4. The average molecular weight is 995 g/mol. The van der Waals surface area contributed by atoms with E-state index in [0.717, 1.165) is 71.0 Å². The van der Waals surface area contributed by atoms with E-state index in [1.165, 1.54) is 193 Å². The van der Waals surface area contributed by atoms with Crippen LogP contribution in [0.2, 0.25) is 0 Å². The van der Waals surface area contributed by atoms with Gasteiger partial charge in [0.2, 0.25) is 0 Å². The summed E-state index contributed by atoms with van der Waals surface area (Å²) < 4.78 is 36.9. The van der Waals surface area contributed by atoms with Crippen LogP contribution in [-0.2, 0) is 38.0 Å². The molecule has 0 amide bonds. The molecule has 0 saturated carbocycles. The molecule has 0 spiro atoms. The van der Waals surface area contributed by atoms with Gasteiger partial charge < -0.3 is 33.3 Å². The molecule has 0 N–H and O–H groups in total. The van der Waals surface area contributed by atoms with Crippen molar-refractivity contribution in [3.05, 3.63) is 0 Å². The first-order valence-corrected chi connectivity index (χ1v) is 30.9. The van der Waals surface area contributed by atoms with Crippen molar-refractivity contribution in [2.45, 2.75) is 317 Å². The number of rotatable bonds is 55. The Hall–Kier alpha value is -1.26. The van der Waals surface area contributed by atoms with Gasteiger partial charge in [-0.15, -0.1) is 0 Å². The number of hydrogen-bond donors (Lipinski definition) is 0. The summed E-state index contributed by atoms with van der Waals surface area (Å²) in [5.74, 6) is -0.357. The van der Waals surface area contributed by atoms with Crippen LogP contribution < -0.4 is 0 Å². The number of hydrogen-bond acceptors (Lipinski definition) is 9. The second-order valence-electron chi connectivity index (χ2n) is 21.5. The zero-order valence-corrected chi connectivity index (χ0v) is 47.4. The maximum absolute atomic E-state index is 13.2. The van der Waals surface area contributed by atoms with Crippen LogP contribution in [0.3, 0.4) is 0 Å². The molecule has 1 fully saturated rings. The highest BCUT2D eigenvalue weighted by molar-refractivity contribution is 5.69. The molecule has 0 unspecified atom stereocenters. The molecular formula is C61H119NO8. The van der Waals surface area contributed by atoms with Gasteiger partial charge in [-0.3, -0.25) is 9.59 Å². The zero-order valence-electron chi connectivity index (χ0n) is 47.4. The van der Waals surface area contributed by atoms with E-state index in [0.29, 0.717) is 65.3 Å². The van der Waals surface area contributed by atoms with Crippen LogP contribution in [-0.4, -0.2) is 88.7 Å². The standard InChI is InChI=1S/C61H119NO8/c1-6-11-16-20-24-28-32-36-51-67-59(68-52-37-33-29-25-21-17-12-7-2)42-40-57(63)65-55-46-61(44-49-62(50-45-61)48-15-10-5)47-56-66-58(64)41-43-60(69-53-38-34-30-26-22-18-13-8-3)70-54-39-35-31-27-23-19-14-9-4/h59-60H,6-56H2,1-5H3. The van der Waals surface area contributed by atoms with Crippen LogP contribution >= 0.6 is 0 Å². The second kappa shape index (κ2) is 51.2. The van der Waals surface area contributed by atoms with Crippen molar-refractivity contribution in [1.82, 2.24) is 4.90 Å². The summed E-state index contributed by atoms with van der Waals surface area (Å²) in [6.07, 6.45) is 47.2. The SMILES string of the molecule is CCCCCCCCCCOC(CCC(=O)OCCC1(CCOC(=O)CCC(OCCCCCCCCCC)OCCCCCCCCCC)CCN(CCCC)CC1)OCCCCCCCCCC. The van der Waals surface area contributed by atoms with Gasteiger partial charge in [0.25, 0.3) is 0 Å². The Bertz CT molecular complexity index is 983. The minimum Gasteiger partial charge on any atom is -0.466 e. The summed E-state index contributed by atoms with van der Waals surface area (Å²) in [5.41, 5.74) is -0.0230. The van der Waals surface area contributed by atoms with E-state index in [1.807, 2.05) is 0 Å². The fraction of sp³-hybridized carbons (Fsp3) is 0.967. The van der Waals surface area contributed by atoms with E-state index >= 15 is 0 Å². The van der Waals surface area contributed by atoms with Crippen molar-refractivity contribution in [1.29, 1.82) is 0 Å². The van der Waals surface area contributed by atoms with Crippen LogP contribution in [0.4, 0.5) is 0 Å². The smallest absolute Gasteiger partial charge is 0.305 e. The third-order valence-corrected chi connectivity index (χ3v) is 14.9. The first-order valence-electron chi connectivity index (χ1n) is 30.9. The quantitative estimate of drug-likeness (QED) is 0.0335. The monoisotopic (exact) mass is 994 g/mol. The van der Waals surface area contributed by atoms with Gasteiger partial charge in [-0.2, -0.15) is 0 Å². The predicted octanol–water partition coefficient (Wildman–Crippen LogP) is 17.6. The summed E-state index contributed by atoms with van der Waals surface area (Å²) in [5, 5.41) is 0. The Morgan fingerprint density at radius 3 is 0.929 bits per heavy atom. The Morgan fingerprint density at radius 1 is 0.371 bits per heavy atom. The minimum absolute atomic E-state index is 0.0230. The van der Waals surface area contributed by atoms with Crippen molar-refractivity contribution in [3.63, 3.8) is 0 Å². The van der Waals surface area contributed by atoms with Gasteiger partial charge in [-0.25, -0.2) is 0 Å². The molecule has 416 valence electrons. The molecule has 0 bridgehead atoms. The summed E-state index contributed by atoms with van der Waals surface area (Å²) in [6, 6.07) is 0. The maximum Gasteiger partial charge on any atom is 0.305 e. The molecule has 0 aromatic rings. The van der Waals surface area contributed by atoms with Gasteiger partial charge in [0.05, 0.1) is 26.1 Å². The maximum atomic E-state index is 13.2. The number of carbonyl (C=O) groups excluding carboxylic acids is 2. The first kappa shape index (κ1) is 66.8. The Morgan fingerprint density at radius 2 is 0.643 bits per heavy atom. The van der Waals surface area contributed by atoms with Gasteiger partial charge in [-0.1, -0.05) is 221 Å². The Labute approximate surface area is 434 Å². The molecular weight excluding hydrogens is 875 g/mol. The number of piperidine rings is 1. The zero-order chi connectivity index (χ0) is 50.7. The third-order valence-electron chi connectivity index (χ3n) is 14.9. The molecule has 1 heterocycles. The number of nitrogens with zero attached hydrogens (tertiary/aromatic N) is 1. The molecule has 70 heavy (non-hydrogen) atoms. The summed E-state index contributed by atoms with van der Waals surface area (Å²) >= 11 is 0. The molecule has 1 saturated heterocycles. The highest BCUT2D eigenvalue weighted by atomic mass is 16.7. The Balaban J connectivity index is 2.67. The largest absolute Gasteiger partial charge is 0.466 e. The number of carbonyl (C=O) groups is 2. The van der Waals surface area contributed by atoms with Gasteiger partial charge in [0.15, 0.2) is 12.6 Å². The molecule has 9 heteroatoms. The molecule has 0 radical (unpaired) electrons. The second-order valence-corrected chi connectivity index (χ2v) is 21.5. The van der Waals surface area contributed by atoms with E-state index in [9.17, 15) is 9.59 Å². The fourth-order valence-electron chi connectivity index (χ4n) is 9.87. The van der Waals surface area contributed by atoms with Crippen LogP contribution in [0.15, 0.2) is 0 Å². The lowest BCUT2D eigenvalue weighted by Crippen LogP contribution is -2.41. The van der Waals surface area contributed by atoms with Crippen molar-refractivity contribution >= 4 is 11.9 Å². The summed E-state index contributed by atoms with van der Waals surface area (Å²) in [6.45, 7) is 18.0. The summed E-state index contributed by atoms with van der Waals surface area (Å²) in [7, 11) is 0. The molecule has 0 aromatic heterocycles. The van der Waals surface area contributed by atoms with Gasteiger partial charge in [0.1, 0.15) is 0 Å². The van der Waals surface area contributed by atoms with Crippen LogP contribution in [0, 0.1) is 5.41 Å². The van der Waals surface area contributed by atoms with E-state index in [4.69, 9.17) is 28.4 Å². The van der Waals surface area contributed by atoms with Crippen molar-refractivity contribution in [3.8, 4) is 0 Å².